The quantitative estimate of drug-likeness (QED) is 0.471. The first-order chi connectivity index (χ1) is 13.8. The van der Waals surface area contributed by atoms with Gasteiger partial charge in [0.25, 0.3) is 0 Å². The van der Waals surface area contributed by atoms with Crippen LogP contribution in [0, 0.1) is 12.8 Å². The van der Waals surface area contributed by atoms with Gasteiger partial charge in [-0.25, -0.2) is 0 Å². The van der Waals surface area contributed by atoms with Crippen LogP contribution < -0.4 is 14.8 Å². The Morgan fingerprint density at radius 1 is 1.14 bits per heavy atom. The van der Waals surface area contributed by atoms with Crippen LogP contribution in [0.3, 0.4) is 0 Å². The predicted octanol–water partition coefficient (Wildman–Crippen LogP) is 5.32. The molecule has 2 aromatic carbocycles. The van der Waals surface area contributed by atoms with Crippen molar-refractivity contribution < 1.29 is 19.4 Å². The van der Waals surface area contributed by atoms with E-state index in [-0.39, 0.29) is 0 Å². The van der Waals surface area contributed by atoms with Gasteiger partial charge in [0.05, 0.1) is 11.1 Å². The molecular weight excluding hydrogens is 434 g/mol. The zero-order chi connectivity index (χ0) is 21.4. The first-order valence-corrected chi connectivity index (χ1v) is 10.7. The highest BCUT2D eigenvalue weighted by molar-refractivity contribution is 9.10. The van der Waals surface area contributed by atoms with Gasteiger partial charge in [-0.3, -0.25) is 4.79 Å². The lowest BCUT2D eigenvalue weighted by atomic mass is 10.0. The average molecular weight is 464 g/mol. The zero-order valence-corrected chi connectivity index (χ0v) is 19.1. The van der Waals surface area contributed by atoms with E-state index >= 15 is 0 Å². The number of carboxylic acid groups (broad SMARTS) is 1. The molecule has 0 aromatic heterocycles. The van der Waals surface area contributed by atoms with Gasteiger partial charge in [0, 0.05) is 6.54 Å². The summed E-state index contributed by atoms with van der Waals surface area (Å²) < 4.78 is 12.6. The third-order valence-corrected chi connectivity index (χ3v) is 5.02. The fourth-order valence-electron chi connectivity index (χ4n) is 2.95. The number of carboxylic acids is 1. The van der Waals surface area contributed by atoms with Crippen molar-refractivity contribution in [1.29, 1.82) is 0 Å². The highest BCUT2D eigenvalue weighted by Gasteiger charge is 2.19. The molecule has 0 aliphatic carbocycles. The lowest BCUT2D eigenvalue weighted by Gasteiger charge is -2.18. The minimum Gasteiger partial charge on any atom is -0.490 e. The van der Waals surface area contributed by atoms with Gasteiger partial charge in [0.15, 0.2) is 11.5 Å². The topological polar surface area (TPSA) is 67.8 Å². The van der Waals surface area contributed by atoms with E-state index in [0.717, 1.165) is 15.6 Å². The molecule has 0 aliphatic heterocycles. The Kier molecular flexibility index (Phi) is 8.99. The Morgan fingerprint density at radius 3 is 2.41 bits per heavy atom. The lowest BCUT2D eigenvalue weighted by molar-refractivity contribution is -0.140. The van der Waals surface area contributed by atoms with Crippen LogP contribution in [0.4, 0.5) is 0 Å². The van der Waals surface area contributed by atoms with Crippen LogP contribution >= 0.6 is 15.9 Å². The number of halogens is 1. The summed E-state index contributed by atoms with van der Waals surface area (Å²) in [4.78, 5) is 11.5. The van der Waals surface area contributed by atoms with Crippen molar-refractivity contribution >= 4 is 21.9 Å². The van der Waals surface area contributed by atoms with Crippen molar-refractivity contribution in [1.82, 2.24) is 5.32 Å². The first-order valence-electron chi connectivity index (χ1n) is 9.89. The second-order valence-corrected chi connectivity index (χ2v) is 8.37. The Balaban J connectivity index is 2.13. The Labute approximate surface area is 181 Å². The maximum Gasteiger partial charge on any atom is 0.320 e. The average Bonchev–Trinajstić information content (AvgIpc) is 2.65. The lowest BCUT2D eigenvalue weighted by Crippen LogP contribution is -2.37. The third kappa shape index (κ3) is 7.37. The highest BCUT2D eigenvalue weighted by atomic mass is 79.9. The number of carbonyl (C=O) groups is 1. The number of hydrogen-bond donors (Lipinski definition) is 2. The van der Waals surface area contributed by atoms with Crippen molar-refractivity contribution in [3.8, 4) is 11.5 Å². The van der Waals surface area contributed by atoms with Gasteiger partial charge in [-0.1, -0.05) is 43.7 Å². The fraction of sp³-hybridized carbons (Fsp3) is 0.435. The van der Waals surface area contributed by atoms with Crippen LogP contribution in [-0.2, 0) is 17.9 Å². The molecular formula is C23H30BrNO4. The molecule has 29 heavy (non-hydrogen) atoms. The van der Waals surface area contributed by atoms with E-state index in [4.69, 9.17) is 9.47 Å². The second kappa shape index (κ2) is 11.2. The molecule has 0 aliphatic rings. The highest BCUT2D eigenvalue weighted by Crippen LogP contribution is 2.37. The maximum absolute atomic E-state index is 11.5. The number of hydrogen-bond acceptors (Lipinski definition) is 4. The summed E-state index contributed by atoms with van der Waals surface area (Å²) in [5.41, 5.74) is 3.21. The van der Waals surface area contributed by atoms with E-state index in [0.29, 0.717) is 43.6 Å². The molecule has 2 N–H and O–H groups in total. The summed E-state index contributed by atoms with van der Waals surface area (Å²) >= 11 is 3.58. The van der Waals surface area contributed by atoms with Crippen molar-refractivity contribution in [2.75, 3.05) is 6.61 Å². The number of nitrogens with one attached hydrogen (secondary N) is 1. The third-order valence-electron chi connectivity index (χ3n) is 4.43. The molecule has 158 valence electrons. The van der Waals surface area contributed by atoms with Crippen molar-refractivity contribution in [2.45, 2.75) is 53.3 Å². The van der Waals surface area contributed by atoms with Gasteiger partial charge in [0.1, 0.15) is 12.6 Å². The summed E-state index contributed by atoms with van der Waals surface area (Å²) in [5.74, 6) is 0.752. The molecule has 0 amide bonds. The summed E-state index contributed by atoms with van der Waals surface area (Å²) in [6.45, 7) is 9.38. The van der Waals surface area contributed by atoms with Gasteiger partial charge in [0.2, 0.25) is 0 Å². The predicted molar refractivity (Wildman–Crippen MR) is 119 cm³/mol. The zero-order valence-electron chi connectivity index (χ0n) is 17.5. The number of aliphatic carboxylic acids is 1. The van der Waals surface area contributed by atoms with E-state index in [1.807, 2.05) is 45.0 Å². The summed E-state index contributed by atoms with van der Waals surface area (Å²) in [6, 6.07) is 11.5. The minimum absolute atomic E-state index is 0.298. The molecule has 6 heteroatoms. The van der Waals surface area contributed by atoms with E-state index < -0.39 is 12.0 Å². The number of rotatable bonds is 11. The monoisotopic (exact) mass is 463 g/mol. The van der Waals surface area contributed by atoms with Crippen molar-refractivity contribution in [3.63, 3.8) is 0 Å². The number of benzene rings is 2. The van der Waals surface area contributed by atoms with Gasteiger partial charge < -0.3 is 19.9 Å². The molecule has 0 saturated heterocycles. The maximum atomic E-state index is 11.5. The number of ether oxygens (including phenoxy) is 2. The molecule has 1 unspecified atom stereocenters. The molecule has 0 heterocycles. The van der Waals surface area contributed by atoms with Gasteiger partial charge in [-0.05, 0) is 65.4 Å². The SMILES string of the molecule is CCOc1cc(CNC(CC(C)C)C(=O)O)cc(Br)c1OCc1ccc(C)cc1. The van der Waals surface area contributed by atoms with Gasteiger partial charge in [-0.2, -0.15) is 0 Å². The normalized spacial score (nSPS) is 12.1. The summed E-state index contributed by atoms with van der Waals surface area (Å²) in [5, 5.41) is 12.5. The van der Waals surface area contributed by atoms with E-state index in [1.165, 1.54) is 5.56 Å². The summed E-state index contributed by atoms with van der Waals surface area (Å²) in [7, 11) is 0. The molecule has 2 aromatic rings. The second-order valence-electron chi connectivity index (χ2n) is 7.51. The van der Waals surface area contributed by atoms with Crippen LogP contribution in [0.1, 0.15) is 43.9 Å². The molecule has 0 spiro atoms. The van der Waals surface area contributed by atoms with E-state index in [2.05, 4.69) is 40.3 Å². The van der Waals surface area contributed by atoms with Gasteiger partial charge >= 0.3 is 5.97 Å². The Bertz CT molecular complexity index is 805. The number of aryl methyl sites for hydroxylation is 1. The Morgan fingerprint density at radius 2 is 1.83 bits per heavy atom. The smallest absolute Gasteiger partial charge is 0.320 e. The summed E-state index contributed by atoms with van der Waals surface area (Å²) in [6.07, 6.45) is 0.576. The first kappa shape index (κ1) is 23.2. The van der Waals surface area contributed by atoms with Crippen LogP contribution in [0.5, 0.6) is 11.5 Å². The molecule has 0 bridgehead atoms. The van der Waals surface area contributed by atoms with Crippen molar-refractivity contribution in [3.05, 3.63) is 57.6 Å². The molecule has 0 fully saturated rings. The van der Waals surface area contributed by atoms with E-state index in [1.54, 1.807) is 0 Å². The molecule has 5 nitrogen and oxygen atoms in total. The molecule has 2 rings (SSSR count). The van der Waals surface area contributed by atoms with Crippen LogP contribution in [0.25, 0.3) is 0 Å². The van der Waals surface area contributed by atoms with Crippen LogP contribution in [-0.4, -0.2) is 23.7 Å². The van der Waals surface area contributed by atoms with Crippen LogP contribution in [0.15, 0.2) is 40.9 Å². The Hall–Kier alpha value is -2.05. The molecule has 0 saturated carbocycles. The minimum atomic E-state index is -0.833. The largest absolute Gasteiger partial charge is 0.490 e. The van der Waals surface area contributed by atoms with E-state index in [9.17, 15) is 9.90 Å². The van der Waals surface area contributed by atoms with Gasteiger partial charge in [-0.15, -0.1) is 0 Å². The molecule has 0 radical (unpaired) electrons. The fourth-order valence-corrected chi connectivity index (χ4v) is 3.55. The van der Waals surface area contributed by atoms with Crippen molar-refractivity contribution in [2.24, 2.45) is 5.92 Å². The van der Waals surface area contributed by atoms with Crippen LogP contribution in [0.2, 0.25) is 0 Å². The standard InChI is InChI=1S/C23H30BrNO4/c1-5-28-21-12-18(13-25-20(23(26)27)10-15(2)3)11-19(24)22(21)29-14-17-8-6-16(4)7-9-17/h6-9,11-12,15,20,25H,5,10,13-14H2,1-4H3,(H,26,27). The molecule has 1 atom stereocenters.